The summed E-state index contributed by atoms with van der Waals surface area (Å²) in [5.41, 5.74) is 2.54. The van der Waals surface area contributed by atoms with Crippen molar-refractivity contribution in [1.82, 2.24) is 0 Å². The summed E-state index contributed by atoms with van der Waals surface area (Å²) in [4.78, 5) is 0. The molecule has 0 aliphatic rings. The van der Waals surface area contributed by atoms with E-state index in [0.717, 1.165) is 25.0 Å². The fraction of sp³-hybridized carbons (Fsp3) is 0.579. The molecule has 1 aromatic carbocycles. The molecule has 21 heavy (non-hydrogen) atoms. The molecular weight excluding hydrogens is 260 g/mol. The van der Waals surface area contributed by atoms with Crippen molar-refractivity contribution < 1.29 is 9.47 Å². The number of hydrogen-bond acceptors (Lipinski definition) is 2. The normalized spacial score (nSPS) is 13.0. The Bertz CT molecular complexity index is 406. The van der Waals surface area contributed by atoms with Gasteiger partial charge >= 0.3 is 0 Å². The molecule has 1 unspecified atom stereocenters. The van der Waals surface area contributed by atoms with Crippen molar-refractivity contribution in [3.8, 4) is 5.75 Å². The van der Waals surface area contributed by atoms with Gasteiger partial charge in [0, 0.05) is 0 Å². The first-order valence-electron chi connectivity index (χ1n) is 8.13. The molecule has 0 heterocycles. The van der Waals surface area contributed by atoms with Crippen LogP contribution in [0.25, 0.3) is 0 Å². The maximum absolute atomic E-state index is 5.93. The van der Waals surface area contributed by atoms with Crippen LogP contribution < -0.4 is 4.74 Å². The summed E-state index contributed by atoms with van der Waals surface area (Å²) >= 11 is 0. The van der Waals surface area contributed by atoms with Gasteiger partial charge in [-0.1, -0.05) is 38.8 Å². The number of methoxy groups -OCH3 is 1. The third-order valence-electron chi connectivity index (χ3n) is 3.69. The van der Waals surface area contributed by atoms with Gasteiger partial charge in [-0.2, -0.15) is 0 Å². The molecule has 0 aliphatic carbocycles. The fourth-order valence-corrected chi connectivity index (χ4v) is 2.31. The SMILES string of the molecule is CCCCCC(CC)OC=C(C)Cc1ccc(OC)cc1. The standard InChI is InChI=1S/C19H30O2/c1-5-7-8-9-18(6-2)21-15-16(3)14-17-10-12-19(20-4)13-11-17/h10-13,15,18H,5-9,14H2,1-4H3. The van der Waals surface area contributed by atoms with Crippen molar-refractivity contribution in [1.29, 1.82) is 0 Å². The van der Waals surface area contributed by atoms with Crippen molar-refractivity contribution in [2.24, 2.45) is 0 Å². The molecule has 2 heteroatoms. The van der Waals surface area contributed by atoms with Crippen molar-refractivity contribution >= 4 is 0 Å². The highest BCUT2D eigenvalue weighted by Gasteiger charge is 2.05. The third kappa shape index (κ3) is 7.22. The van der Waals surface area contributed by atoms with Gasteiger partial charge in [0.05, 0.1) is 19.5 Å². The summed E-state index contributed by atoms with van der Waals surface area (Å²) in [6.45, 7) is 6.56. The van der Waals surface area contributed by atoms with E-state index in [1.807, 2.05) is 18.4 Å². The Morgan fingerprint density at radius 3 is 2.43 bits per heavy atom. The molecule has 0 aliphatic heterocycles. The lowest BCUT2D eigenvalue weighted by Gasteiger charge is -2.15. The minimum absolute atomic E-state index is 0.363. The molecule has 0 saturated carbocycles. The minimum Gasteiger partial charge on any atom is -0.498 e. The Hall–Kier alpha value is -1.44. The van der Waals surface area contributed by atoms with E-state index < -0.39 is 0 Å². The molecule has 2 nitrogen and oxygen atoms in total. The molecule has 1 atom stereocenters. The van der Waals surface area contributed by atoms with Crippen molar-refractivity contribution in [3.05, 3.63) is 41.7 Å². The summed E-state index contributed by atoms with van der Waals surface area (Å²) in [6.07, 6.45) is 9.31. The Morgan fingerprint density at radius 1 is 1.14 bits per heavy atom. The second-order valence-corrected chi connectivity index (χ2v) is 5.65. The first-order valence-corrected chi connectivity index (χ1v) is 8.13. The minimum atomic E-state index is 0.363. The molecule has 118 valence electrons. The van der Waals surface area contributed by atoms with Crippen LogP contribution in [0.5, 0.6) is 5.75 Å². The average Bonchev–Trinajstić information content (AvgIpc) is 2.51. The maximum Gasteiger partial charge on any atom is 0.118 e. The lowest BCUT2D eigenvalue weighted by molar-refractivity contribution is 0.126. The van der Waals surface area contributed by atoms with Crippen LogP contribution >= 0.6 is 0 Å². The second-order valence-electron chi connectivity index (χ2n) is 5.65. The van der Waals surface area contributed by atoms with E-state index >= 15 is 0 Å². The number of unbranched alkanes of at least 4 members (excludes halogenated alkanes) is 2. The van der Waals surface area contributed by atoms with Gasteiger partial charge in [-0.3, -0.25) is 0 Å². The topological polar surface area (TPSA) is 18.5 Å². The number of rotatable bonds is 10. The van der Waals surface area contributed by atoms with Gasteiger partial charge in [-0.15, -0.1) is 0 Å². The molecule has 0 radical (unpaired) electrons. The molecule has 1 rings (SSSR count). The number of benzene rings is 1. The Labute approximate surface area is 130 Å². The zero-order chi connectivity index (χ0) is 15.5. The van der Waals surface area contributed by atoms with Gasteiger partial charge in [0.15, 0.2) is 0 Å². The van der Waals surface area contributed by atoms with Crippen LogP contribution in [0.2, 0.25) is 0 Å². The van der Waals surface area contributed by atoms with Crippen LogP contribution in [0.3, 0.4) is 0 Å². The monoisotopic (exact) mass is 290 g/mol. The van der Waals surface area contributed by atoms with Crippen molar-refractivity contribution in [2.75, 3.05) is 7.11 Å². The molecule has 0 spiro atoms. The van der Waals surface area contributed by atoms with Crippen LogP contribution in [-0.4, -0.2) is 13.2 Å². The van der Waals surface area contributed by atoms with Crippen molar-refractivity contribution in [2.45, 2.75) is 65.4 Å². The summed E-state index contributed by atoms with van der Waals surface area (Å²) in [6, 6.07) is 8.22. The average molecular weight is 290 g/mol. The fourth-order valence-electron chi connectivity index (χ4n) is 2.31. The van der Waals surface area contributed by atoms with Gasteiger partial charge in [-0.05, 0) is 55.9 Å². The van der Waals surface area contributed by atoms with E-state index in [-0.39, 0.29) is 0 Å². The van der Waals surface area contributed by atoms with Gasteiger partial charge in [-0.25, -0.2) is 0 Å². The summed E-state index contributed by atoms with van der Waals surface area (Å²) < 4.78 is 11.1. The van der Waals surface area contributed by atoms with Crippen LogP contribution in [-0.2, 0) is 11.2 Å². The molecule has 0 bridgehead atoms. The lowest BCUT2D eigenvalue weighted by atomic mass is 10.1. The molecule has 0 N–H and O–H groups in total. The molecule has 0 aromatic heterocycles. The molecule has 0 saturated heterocycles. The Kier molecular flexibility index (Phi) is 8.65. The highest BCUT2D eigenvalue weighted by atomic mass is 16.5. The van der Waals surface area contributed by atoms with Gasteiger partial charge < -0.3 is 9.47 Å². The summed E-state index contributed by atoms with van der Waals surface area (Å²) in [5.74, 6) is 0.901. The summed E-state index contributed by atoms with van der Waals surface area (Å²) in [7, 11) is 1.69. The van der Waals surface area contributed by atoms with Gasteiger partial charge in [0.25, 0.3) is 0 Å². The molecule has 0 fully saturated rings. The zero-order valence-corrected chi connectivity index (χ0v) is 14.0. The molecule has 0 amide bonds. The predicted octanol–water partition coefficient (Wildman–Crippen LogP) is 5.52. The van der Waals surface area contributed by atoms with Crippen LogP contribution in [0.1, 0.15) is 58.4 Å². The quantitative estimate of drug-likeness (QED) is 0.417. The third-order valence-corrected chi connectivity index (χ3v) is 3.69. The first kappa shape index (κ1) is 17.6. The second kappa shape index (κ2) is 10.3. The van der Waals surface area contributed by atoms with E-state index in [1.165, 1.54) is 30.4 Å². The highest BCUT2D eigenvalue weighted by Crippen LogP contribution is 2.16. The zero-order valence-electron chi connectivity index (χ0n) is 14.0. The van der Waals surface area contributed by atoms with Gasteiger partial charge in [0.2, 0.25) is 0 Å². The number of ether oxygens (including phenoxy) is 2. The smallest absolute Gasteiger partial charge is 0.118 e. The lowest BCUT2D eigenvalue weighted by Crippen LogP contribution is -2.08. The van der Waals surface area contributed by atoms with Crippen LogP contribution in [0.4, 0.5) is 0 Å². The summed E-state index contributed by atoms with van der Waals surface area (Å²) in [5, 5.41) is 0. The van der Waals surface area contributed by atoms with E-state index in [4.69, 9.17) is 9.47 Å². The van der Waals surface area contributed by atoms with E-state index in [9.17, 15) is 0 Å². The van der Waals surface area contributed by atoms with E-state index in [0.29, 0.717) is 6.10 Å². The highest BCUT2D eigenvalue weighted by molar-refractivity contribution is 5.29. The number of hydrogen-bond donors (Lipinski definition) is 0. The van der Waals surface area contributed by atoms with E-state index in [2.05, 4.69) is 32.9 Å². The largest absolute Gasteiger partial charge is 0.498 e. The molecule has 1 aromatic rings. The maximum atomic E-state index is 5.93. The van der Waals surface area contributed by atoms with Crippen LogP contribution in [0.15, 0.2) is 36.1 Å². The van der Waals surface area contributed by atoms with E-state index in [1.54, 1.807) is 7.11 Å². The first-order chi connectivity index (χ1) is 10.2. The van der Waals surface area contributed by atoms with Crippen LogP contribution in [0, 0.1) is 0 Å². The Morgan fingerprint density at radius 2 is 1.86 bits per heavy atom. The van der Waals surface area contributed by atoms with Gasteiger partial charge in [0.1, 0.15) is 5.75 Å². The predicted molar refractivity (Wildman–Crippen MR) is 89.8 cm³/mol. The van der Waals surface area contributed by atoms with Crippen molar-refractivity contribution in [3.63, 3.8) is 0 Å². The Balaban J connectivity index is 2.43. The number of allylic oxidation sites excluding steroid dienone is 1. The molecular formula is C19H30O2.